The highest BCUT2D eigenvalue weighted by molar-refractivity contribution is 7.11. The molecule has 6 nitrogen and oxygen atoms in total. The summed E-state index contributed by atoms with van der Waals surface area (Å²) in [4.78, 5) is 6.99. The van der Waals surface area contributed by atoms with E-state index in [0.717, 1.165) is 44.3 Å². The molecule has 0 aliphatic carbocycles. The van der Waals surface area contributed by atoms with Gasteiger partial charge in [-0.3, -0.25) is 4.99 Å². The Labute approximate surface area is 135 Å². The van der Waals surface area contributed by atoms with Crippen molar-refractivity contribution in [3.63, 3.8) is 0 Å². The number of hydrogen-bond acceptors (Lipinski definition) is 4. The lowest BCUT2D eigenvalue weighted by molar-refractivity contribution is 0.633. The van der Waals surface area contributed by atoms with E-state index >= 15 is 0 Å². The Kier molecular flexibility index (Phi) is 6.39. The molecular formula is C15H24N6S. The van der Waals surface area contributed by atoms with Crippen molar-refractivity contribution in [3.05, 3.63) is 34.0 Å². The van der Waals surface area contributed by atoms with Crippen molar-refractivity contribution < 1.29 is 0 Å². The van der Waals surface area contributed by atoms with Gasteiger partial charge in [-0.2, -0.15) is 0 Å². The summed E-state index contributed by atoms with van der Waals surface area (Å²) < 4.78 is 2.06. The van der Waals surface area contributed by atoms with Crippen molar-refractivity contribution in [1.82, 2.24) is 25.4 Å². The van der Waals surface area contributed by atoms with Crippen molar-refractivity contribution in [2.45, 2.75) is 39.8 Å². The smallest absolute Gasteiger partial charge is 0.191 e. The van der Waals surface area contributed by atoms with Crippen molar-refractivity contribution in [3.8, 4) is 0 Å². The highest BCUT2D eigenvalue weighted by Gasteiger charge is 2.03. The van der Waals surface area contributed by atoms with Gasteiger partial charge in [-0.25, -0.2) is 0 Å². The minimum atomic E-state index is 0.787. The summed E-state index contributed by atoms with van der Waals surface area (Å²) in [5.41, 5.74) is 0. The summed E-state index contributed by atoms with van der Waals surface area (Å²) in [6.45, 7) is 6.68. The summed E-state index contributed by atoms with van der Waals surface area (Å²) in [7, 11) is 1.79. The van der Waals surface area contributed by atoms with Gasteiger partial charge in [0.1, 0.15) is 12.2 Å². The van der Waals surface area contributed by atoms with E-state index in [2.05, 4.69) is 56.4 Å². The molecule has 2 heterocycles. The molecule has 2 N–H and O–H groups in total. The van der Waals surface area contributed by atoms with E-state index < -0.39 is 0 Å². The molecule has 0 aliphatic rings. The number of aromatic nitrogens is 3. The van der Waals surface area contributed by atoms with Crippen LogP contribution in [-0.2, 0) is 25.9 Å². The second-order valence-corrected chi connectivity index (χ2v) is 6.12. The van der Waals surface area contributed by atoms with Crippen LogP contribution in [0.4, 0.5) is 0 Å². The van der Waals surface area contributed by atoms with Crippen LogP contribution >= 0.6 is 11.3 Å². The number of hydrogen-bond donors (Lipinski definition) is 2. The van der Waals surface area contributed by atoms with E-state index in [1.54, 1.807) is 13.4 Å². The van der Waals surface area contributed by atoms with Gasteiger partial charge in [0.25, 0.3) is 0 Å². The highest BCUT2D eigenvalue weighted by Crippen LogP contribution is 2.16. The van der Waals surface area contributed by atoms with E-state index in [1.807, 2.05) is 11.3 Å². The van der Waals surface area contributed by atoms with Gasteiger partial charge in [-0.15, -0.1) is 21.5 Å². The molecule has 0 aromatic carbocycles. The van der Waals surface area contributed by atoms with Crippen LogP contribution in [0.5, 0.6) is 0 Å². The summed E-state index contributed by atoms with van der Waals surface area (Å²) >= 11 is 1.85. The Morgan fingerprint density at radius 2 is 2.05 bits per heavy atom. The third-order valence-corrected chi connectivity index (χ3v) is 4.61. The van der Waals surface area contributed by atoms with Gasteiger partial charge < -0.3 is 15.2 Å². The second-order valence-electron chi connectivity index (χ2n) is 4.87. The van der Waals surface area contributed by atoms with E-state index in [4.69, 9.17) is 0 Å². The first-order valence-corrected chi connectivity index (χ1v) is 8.47. The van der Waals surface area contributed by atoms with E-state index in [9.17, 15) is 0 Å². The Bertz CT molecular complexity index is 601. The summed E-state index contributed by atoms with van der Waals surface area (Å²) in [5, 5.41) is 14.7. The number of aliphatic imine (C=N–C) groups is 1. The first-order chi connectivity index (χ1) is 10.8. The Morgan fingerprint density at radius 1 is 1.23 bits per heavy atom. The van der Waals surface area contributed by atoms with Gasteiger partial charge in [-0.05, 0) is 18.6 Å². The predicted molar refractivity (Wildman–Crippen MR) is 91.3 cm³/mol. The lowest BCUT2D eigenvalue weighted by Crippen LogP contribution is -2.38. The largest absolute Gasteiger partial charge is 0.355 e. The molecule has 22 heavy (non-hydrogen) atoms. The zero-order valence-electron chi connectivity index (χ0n) is 13.5. The monoisotopic (exact) mass is 320 g/mol. The maximum atomic E-state index is 4.25. The van der Waals surface area contributed by atoms with Gasteiger partial charge in [-0.1, -0.05) is 13.8 Å². The molecule has 2 aromatic rings. The SMILES string of the molecule is CCc1ccc(CNC(=NC)NCCn2cnnc2CC)s1. The molecule has 0 amide bonds. The lowest BCUT2D eigenvalue weighted by atomic mass is 10.4. The highest BCUT2D eigenvalue weighted by atomic mass is 32.1. The fourth-order valence-corrected chi connectivity index (χ4v) is 3.03. The van der Waals surface area contributed by atoms with Crippen LogP contribution < -0.4 is 10.6 Å². The normalized spacial score (nSPS) is 11.7. The quantitative estimate of drug-likeness (QED) is 0.603. The maximum absolute atomic E-state index is 4.25. The Morgan fingerprint density at radius 3 is 2.73 bits per heavy atom. The van der Waals surface area contributed by atoms with Crippen molar-refractivity contribution in [2.75, 3.05) is 13.6 Å². The molecule has 0 bridgehead atoms. The molecule has 0 fully saturated rings. The number of nitrogens with zero attached hydrogens (tertiary/aromatic N) is 4. The Hall–Kier alpha value is -1.89. The van der Waals surface area contributed by atoms with E-state index in [-0.39, 0.29) is 0 Å². The van der Waals surface area contributed by atoms with Crippen LogP contribution in [0.25, 0.3) is 0 Å². The summed E-state index contributed by atoms with van der Waals surface area (Å²) in [6, 6.07) is 4.37. The van der Waals surface area contributed by atoms with Crippen LogP contribution in [-0.4, -0.2) is 34.3 Å². The number of aryl methyl sites for hydroxylation is 2. The van der Waals surface area contributed by atoms with Crippen LogP contribution in [0.3, 0.4) is 0 Å². The third-order valence-electron chi connectivity index (χ3n) is 3.38. The topological polar surface area (TPSA) is 67.1 Å². The fourth-order valence-electron chi connectivity index (χ4n) is 2.13. The minimum Gasteiger partial charge on any atom is -0.355 e. The average molecular weight is 320 g/mol. The zero-order chi connectivity index (χ0) is 15.8. The van der Waals surface area contributed by atoms with E-state index in [1.165, 1.54) is 9.75 Å². The molecule has 0 unspecified atom stereocenters. The molecule has 2 rings (SSSR count). The summed E-state index contributed by atoms with van der Waals surface area (Å²) in [6.07, 6.45) is 3.76. The number of nitrogens with one attached hydrogen (secondary N) is 2. The molecule has 0 aliphatic heterocycles. The average Bonchev–Trinajstić information content (AvgIpc) is 3.19. The van der Waals surface area contributed by atoms with Crippen molar-refractivity contribution >= 4 is 17.3 Å². The van der Waals surface area contributed by atoms with Crippen molar-refractivity contribution in [2.24, 2.45) is 4.99 Å². The first kappa shape index (κ1) is 16.5. The van der Waals surface area contributed by atoms with Crippen LogP contribution in [0.1, 0.15) is 29.4 Å². The van der Waals surface area contributed by atoms with Crippen LogP contribution in [0, 0.1) is 0 Å². The van der Waals surface area contributed by atoms with Crippen molar-refractivity contribution in [1.29, 1.82) is 0 Å². The molecule has 2 aromatic heterocycles. The van der Waals surface area contributed by atoms with Crippen LogP contribution in [0.15, 0.2) is 23.5 Å². The van der Waals surface area contributed by atoms with E-state index in [0.29, 0.717) is 0 Å². The lowest BCUT2D eigenvalue weighted by Gasteiger charge is -2.12. The molecule has 0 spiro atoms. The van der Waals surface area contributed by atoms with Crippen LogP contribution in [0.2, 0.25) is 0 Å². The Balaban J connectivity index is 1.75. The van der Waals surface area contributed by atoms with Gasteiger partial charge >= 0.3 is 0 Å². The van der Waals surface area contributed by atoms with Gasteiger partial charge in [0.15, 0.2) is 5.96 Å². The maximum Gasteiger partial charge on any atom is 0.191 e. The summed E-state index contributed by atoms with van der Waals surface area (Å²) in [5.74, 6) is 1.83. The minimum absolute atomic E-state index is 0.787. The molecule has 120 valence electrons. The van der Waals surface area contributed by atoms with Gasteiger partial charge in [0.05, 0.1) is 6.54 Å². The standard InChI is InChI=1S/C15H24N6S/c1-4-12-6-7-13(22-12)10-18-15(16-3)17-8-9-21-11-19-20-14(21)5-2/h6-7,11H,4-5,8-10H2,1-3H3,(H2,16,17,18). The molecule has 0 saturated heterocycles. The van der Waals surface area contributed by atoms with Gasteiger partial charge in [0.2, 0.25) is 0 Å². The fraction of sp³-hybridized carbons (Fsp3) is 0.533. The number of thiophene rings is 1. The first-order valence-electron chi connectivity index (χ1n) is 7.65. The molecular weight excluding hydrogens is 296 g/mol. The molecule has 0 atom stereocenters. The number of rotatable bonds is 7. The third kappa shape index (κ3) is 4.56. The number of guanidine groups is 1. The molecule has 0 saturated carbocycles. The predicted octanol–water partition coefficient (Wildman–Crippen LogP) is 1.83. The zero-order valence-corrected chi connectivity index (χ0v) is 14.3. The molecule has 0 radical (unpaired) electrons. The molecule has 7 heteroatoms. The van der Waals surface area contributed by atoms with Gasteiger partial charge in [0, 0.05) is 36.3 Å². The second kappa shape index (κ2) is 8.53.